The molecule has 0 aromatic heterocycles. The average molecular weight is 287 g/mol. The van der Waals surface area contributed by atoms with Crippen LogP contribution < -0.4 is 20.1 Å². The smallest absolute Gasteiger partial charge is 0.315 e. The summed E-state index contributed by atoms with van der Waals surface area (Å²) in [6, 6.07) is 5.30. The van der Waals surface area contributed by atoms with E-state index in [1.807, 2.05) is 12.1 Å². The predicted octanol–water partition coefficient (Wildman–Crippen LogP) is 2.13. The Hall–Kier alpha value is -1.62. The summed E-state index contributed by atoms with van der Waals surface area (Å²) in [5, 5.41) is 5.47. The van der Waals surface area contributed by atoms with Crippen molar-refractivity contribution in [3.8, 4) is 11.5 Å². The van der Waals surface area contributed by atoms with Crippen LogP contribution in [0, 0.1) is 0 Å². The van der Waals surface area contributed by atoms with E-state index in [9.17, 15) is 4.79 Å². The number of hydrogen-bond donors (Lipinski definition) is 2. The molecule has 0 saturated carbocycles. The van der Waals surface area contributed by atoms with E-state index in [0.29, 0.717) is 30.5 Å². The van der Waals surface area contributed by atoms with Gasteiger partial charge in [-0.1, -0.05) is 6.07 Å². The predicted molar refractivity (Wildman–Crippen MR) is 75.1 cm³/mol. The maximum absolute atomic E-state index is 11.4. The van der Waals surface area contributed by atoms with Crippen molar-refractivity contribution < 1.29 is 14.3 Å². The molecule has 2 N–H and O–H groups in total. The molecule has 0 spiro atoms. The highest BCUT2D eigenvalue weighted by Gasteiger charge is 2.05. The number of urea groups is 1. The molecule has 0 aliphatic heterocycles. The minimum atomic E-state index is -0.208. The number of rotatable bonds is 7. The Morgan fingerprint density at radius 2 is 1.95 bits per heavy atom. The number of carbonyl (C=O) groups excluding carboxylic acids is 1. The van der Waals surface area contributed by atoms with E-state index in [1.54, 1.807) is 20.3 Å². The van der Waals surface area contributed by atoms with Crippen molar-refractivity contribution in [2.45, 2.75) is 13.0 Å². The van der Waals surface area contributed by atoms with Gasteiger partial charge >= 0.3 is 6.03 Å². The molecule has 0 aliphatic carbocycles. The highest BCUT2D eigenvalue weighted by molar-refractivity contribution is 6.17. The number of methoxy groups -OCH3 is 2. The Bertz CT molecular complexity index is 413. The van der Waals surface area contributed by atoms with Gasteiger partial charge in [0.2, 0.25) is 0 Å². The fourth-order valence-corrected chi connectivity index (χ4v) is 1.64. The standard InChI is InChI=1S/C13H19ClN2O3/c1-18-11-5-4-10(8-12(11)19-2)9-16-13(17)15-7-3-6-14/h4-5,8H,3,6-7,9H2,1-2H3,(H2,15,16,17). The first kappa shape index (κ1) is 15.4. The van der Waals surface area contributed by atoms with E-state index in [4.69, 9.17) is 21.1 Å². The van der Waals surface area contributed by atoms with Crippen LogP contribution in [0.1, 0.15) is 12.0 Å². The van der Waals surface area contributed by atoms with Crippen molar-refractivity contribution in [3.63, 3.8) is 0 Å². The van der Waals surface area contributed by atoms with Gasteiger partial charge in [-0.25, -0.2) is 4.79 Å². The topological polar surface area (TPSA) is 59.6 Å². The monoisotopic (exact) mass is 286 g/mol. The SMILES string of the molecule is COc1ccc(CNC(=O)NCCCCl)cc1OC. The third-order valence-electron chi connectivity index (χ3n) is 2.50. The van der Waals surface area contributed by atoms with E-state index in [1.165, 1.54) is 0 Å². The summed E-state index contributed by atoms with van der Waals surface area (Å²) in [6.45, 7) is 0.994. The van der Waals surface area contributed by atoms with Crippen molar-refractivity contribution in [3.05, 3.63) is 23.8 Å². The summed E-state index contributed by atoms with van der Waals surface area (Å²) in [6.07, 6.45) is 0.755. The number of hydrogen-bond acceptors (Lipinski definition) is 3. The molecule has 19 heavy (non-hydrogen) atoms. The zero-order chi connectivity index (χ0) is 14.1. The first-order valence-electron chi connectivity index (χ1n) is 5.99. The number of carbonyl (C=O) groups is 1. The van der Waals surface area contributed by atoms with Gasteiger partial charge < -0.3 is 20.1 Å². The third-order valence-corrected chi connectivity index (χ3v) is 2.76. The highest BCUT2D eigenvalue weighted by atomic mass is 35.5. The lowest BCUT2D eigenvalue weighted by molar-refractivity contribution is 0.240. The van der Waals surface area contributed by atoms with Crippen LogP contribution in [0.3, 0.4) is 0 Å². The summed E-state index contributed by atoms with van der Waals surface area (Å²) in [7, 11) is 3.16. The fourth-order valence-electron chi connectivity index (χ4n) is 1.50. The van der Waals surface area contributed by atoms with Crippen LogP contribution in [0.2, 0.25) is 0 Å². The number of halogens is 1. The van der Waals surface area contributed by atoms with E-state index in [0.717, 1.165) is 12.0 Å². The maximum atomic E-state index is 11.4. The number of nitrogens with one attached hydrogen (secondary N) is 2. The molecule has 106 valence electrons. The summed E-state index contributed by atoms with van der Waals surface area (Å²) in [4.78, 5) is 11.4. The Balaban J connectivity index is 2.47. The van der Waals surface area contributed by atoms with Gasteiger partial charge in [0.25, 0.3) is 0 Å². The van der Waals surface area contributed by atoms with Crippen LogP contribution in [-0.4, -0.2) is 32.7 Å². The van der Waals surface area contributed by atoms with Crippen LogP contribution in [0.15, 0.2) is 18.2 Å². The van der Waals surface area contributed by atoms with E-state index in [-0.39, 0.29) is 6.03 Å². The van der Waals surface area contributed by atoms with Gasteiger partial charge in [0.15, 0.2) is 11.5 Å². The Labute approximate surface area is 118 Å². The molecule has 0 fully saturated rings. The van der Waals surface area contributed by atoms with Gasteiger partial charge in [-0.2, -0.15) is 0 Å². The molecule has 0 atom stereocenters. The molecule has 1 aromatic rings. The second-order valence-electron chi connectivity index (χ2n) is 3.84. The minimum absolute atomic E-state index is 0.208. The second-order valence-corrected chi connectivity index (χ2v) is 4.22. The number of amides is 2. The molecular weight excluding hydrogens is 268 g/mol. The van der Waals surface area contributed by atoms with Gasteiger partial charge in [0.05, 0.1) is 14.2 Å². The van der Waals surface area contributed by atoms with Crippen LogP contribution in [0.5, 0.6) is 11.5 Å². The van der Waals surface area contributed by atoms with Crippen molar-refractivity contribution in [1.82, 2.24) is 10.6 Å². The summed E-state index contributed by atoms with van der Waals surface area (Å²) in [5.41, 5.74) is 0.935. The first-order chi connectivity index (χ1) is 9.21. The van der Waals surface area contributed by atoms with E-state index < -0.39 is 0 Å². The van der Waals surface area contributed by atoms with Gasteiger partial charge in [0, 0.05) is 19.0 Å². The number of alkyl halides is 1. The molecule has 1 rings (SSSR count). The van der Waals surface area contributed by atoms with Crippen molar-refractivity contribution in [1.29, 1.82) is 0 Å². The third kappa shape index (κ3) is 5.26. The molecule has 1 aromatic carbocycles. The molecule has 2 amide bonds. The van der Waals surface area contributed by atoms with E-state index in [2.05, 4.69) is 10.6 Å². The highest BCUT2D eigenvalue weighted by Crippen LogP contribution is 2.27. The molecular formula is C13H19ClN2O3. The number of ether oxygens (including phenoxy) is 2. The summed E-state index contributed by atoms with van der Waals surface area (Å²) < 4.78 is 10.3. The van der Waals surface area contributed by atoms with Gasteiger partial charge in [-0.15, -0.1) is 11.6 Å². The molecule has 6 heteroatoms. The van der Waals surface area contributed by atoms with Crippen LogP contribution >= 0.6 is 11.6 Å². The van der Waals surface area contributed by atoms with Gasteiger partial charge in [-0.3, -0.25) is 0 Å². The van der Waals surface area contributed by atoms with Crippen LogP contribution in [-0.2, 0) is 6.54 Å². The quantitative estimate of drug-likeness (QED) is 0.596. The number of benzene rings is 1. The summed E-state index contributed by atoms with van der Waals surface area (Å²) >= 11 is 5.52. The van der Waals surface area contributed by atoms with Crippen molar-refractivity contribution in [2.75, 3.05) is 26.6 Å². The zero-order valence-corrected chi connectivity index (χ0v) is 11.9. The summed E-state index contributed by atoms with van der Waals surface area (Å²) in [5.74, 6) is 1.85. The molecule has 0 radical (unpaired) electrons. The largest absolute Gasteiger partial charge is 0.493 e. The Kier molecular flexibility index (Phi) is 6.89. The van der Waals surface area contributed by atoms with Crippen LogP contribution in [0.4, 0.5) is 4.79 Å². The fraction of sp³-hybridized carbons (Fsp3) is 0.462. The first-order valence-corrected chi connectivity index (χ1v) is 6.53. The lowest BCUT2D eigenvalue weighted by Crippen LogP contribution is -2.35. The molecule has 0 saturated heterocycles. The van der Waals surface area contributed by atoms with Crippen molar-refractivity contribution in [2.24, 2.45) is 0 Å². The van der Waals surface area contributed by atoms with Crippen molar-refractivity contribution >= 4 is 17.6 Å². The van der Waals surface area contributed by atoms with Crippen LogP contribution in [0.25, 0.3) is 0 Å². The maximum Gasteiger partial charge on any atom is 0.315 e. The molecule has 0 unspecified atom stereocenters. The minimum Gasteiger partial charge on any atom is -0.493 e. The second kappa shape index (κ2) is 8.48. The molecule has 5 nitrogen and oxygen atoms in total. The average Bonchev–Trinajstić information content (AvgIpc) is 2.45. The molecule has 0 aliphatic rings. The Morgan fingerprint density at radius 3 is 2.58 bits per heavy atom. The lowest BCUT2D eigenvalue weighted by atomic mass is 10.2. The van der Waals surface area contributed by atoms with Gasteiger partial charge in [-0.05, 0) is 24.1 Å². The van der Waals surface area contributed by atoms with Gasteiger partial charge in [0.1, 0.15) is 0 Å². The lowest BCUT2D eigenvalue weighted by Gasteiger charge is -2.10. The Morgan fingerprint density at radius 1 is 1.21 bits per heavy atom. The van der Waals surface area contributed by atoms with E-state index >= 15 is 0 Å². The zero-order valence-electron chi connectivity index (χ0n) is 11.2. The molecule has 0 bridgehead atoms. The molecule has 0 heterocycles. The normalized spacial score (nSPS) is 9.84.